The van der Waals surface area contributed by atoms with E-state index in [0.29, 0.717) is 34.4 Å². The number of anilines is 1. The molecule has 4 rings (SSSR count). The Kier molecular flexibility index (Phi) is 6.58. The van der Waals surface area contributed by atoms with E-state index in [2.05, 4.69) is 19.2 Å². The monoisotopic (exact) mass is 460 g/mol. The van der Waals surface area contributed by atoms with Gasteiger partial charge < -0.3 is 10.2 Å². The summed E-state index contributed by atoms with van der Waals surface area (Å²) in [6.07, 6.45) is 3.32. The molecule has 1 heterocycles. The Morgan fingerprint density at radius 1 is 1.23 bits per heavy atom. The van der Waals surface area contributed by atoms with Gasteiger partial charge in [0.2, 0.25) is 5.91 Å². The van der Waals surface area contributed by atoms with E-state index in [-0.39, 0.29) is 29.4 Å². The number of halogens is 2. The Bertz CT molecular complexity index is 1020. The Labute approximate surface area is 191 Å². The zero-order valence-corrected chi connectivity index (χ0v) is 19.2. The van der Waals surface area contributed by atoms with Crippen LogP contribution < -0.4 is 10.2 Å². The first-order chi connectivity index (χ1) is 14.8. The van der Waals surface area contributed by atoms with E-state index >= 15 is 0 Å². The number of amides is 2. The maximum Gasteiger partial charge on any atom is 0.251 e. The number of benzene rings is 2. The van der Waals surface area contributed by atoms with E-state index in [0.717, 1.165) is 17.7 Å². The van der Waals surface area contributed by atoms with Gasteiger partial charge >= 0.3 is 0 Å². The van der Waals surface area contributed by atoms with Gasteiger partial charge in [0.25, 0.3) is 5.91 Å². The van der Waals surface area contributed by atoms with Crippen LogP contribution >= 0.6 is 23.4 Å². The SMILES string of the molecule is C[C@@H]1[C@H](C)CCC[C@H]1NC(=O)c1ccc2c(c1)N(Cc1ccc(F)cc1Cl)C(=O)CS2. The summed E-state index contributed by atoms with van der Waals surface area (Å²) in [7, 11) is 0. The quantitative estimate of drug-likeness (QED) is 0.639. The smallest absolute Gasteiger partial charge is 0.251 e. The molecule has 1 aliphatic carbocycles. The van der Waals surface area contributed by atoms with Crippen molar-refractivity contribution < 1.29 is 14.0 Å². The van der Waals surface area contributed by atoms with Crippen molar-refractivity contribution in [2.24, 2.45) is 11.8 Å². The number of carbonyl (C=O) groups is 2. The van der Waals surface area contributed by atoms with Crippen molar-refractivity contribution in [3.8, 4) is 0 Å². The van der Waals surface area contributed by atoms with E-state index in [1.54, 1.807) is 17.0 Å². The molecule has 2 aliphatic rings. The van der Waals surface area contributed by atoms with Crippen molar-refractivity contribution in [3.63, 3.8) is 0 Å². The second-order valence-electron chi connectivity index (χ2n) is 8.53. The van der Waals surface area contributed by atoms with Gasteiger partial charge in [-0.3, -0.25) is 9.59 Å². The first-order valence-corrected chi connectivity index (χ1v) is 12.0. The van der Waals surface area contributed by atoms with Crippen LogP contribution in [0.2, 0.25) is 5.02 Å². The lowest BCUT2D eigenvalue weighted by molar-refractivity contribution is -0.116. The Hall–Kier alpha value is -2.05. The molecule has 4 nitrogen and oxygen atoms in total. The third kappa shape index (κ3) is 4.75. The molecule has 1 saturated carbocycles. The molecule has 0 aromatic heterocycles. The van der Waals surface area contributed by atoms with Gasteiger partial charge in [0.1, 0.15) is 5.82 Å². The average Bonchev–Trinajstić information content (AvgIpc) is 2.74. The highest BCUT2D eigenvalue weighted by molar-refractivity contribution is 8.00. The van der Waals surface area contributed by atoms with Crippen LogP contribution in [-0.2, 0) is 11.3 Å². The topological polar surface area (TPSA) is 49.4 Å². The summed E-state index contributed by atoms with van der Waals surface area (Å²) in [5.41, 5.74) is 1.89. The van der Waals surface area contributed by atoms with Gasteiger partial charge in [-0.05, 0) is 54.2 Å². The lowest BCUT2D eigenvalue weighted by atomic mass is 9.78. The number of fused-ring (bicyclic) bond motifs is 1. The van der Waals surface area contributed by atoms with Gasteiger partial charge in [0.15, 0.2) is 0 Å². The number of nitrogens with zero attached hydrogens (tertiary/aromatic N) is 1. The van der Waals surface area contributed by atoms with Crippen LogP contribution in [0.4, 0.5) is 10.1 Å². The van der Waals surface area contributed by atoms with Crippen LogP contribution in [0.1, 0.15) is 49.0 Å². The predicted octanol–water partition coefficient (Wildman–Crippen LogP) is 5.67. The summed E-state index contributed by atoms with van der Waals surface area (Å²) >= 11 is 7.65. The minimum Gasteiger partial charge on any atom is -0.349 e. The second-order valence-corrected chi connectivity index (χ2v) is 9.96. The van der Waals surface area contributed by atoms with Crippen molar-refractivity contribution in [1.29, 1.82) is 0 Å². The van der Waals surface area contributed by atoms with Crippen LogP contribution in [0.3, 0.4) is 0 Å². The molecule has 0 radical (unpaired) electrons. The summed E-state index contributed by atoms with van der Waals surface area (Å²) in [5.74, 6) is 0.744. The fourth-order valence-electron chi connectivity index (χ4n) is 4.37. The van der Waals surface area contributed by atoms with E-state index < -0.39 is 5.82 Å². The summed E-state index contributed by atoms with van der Waals surface area (Å²) in [6, 6.07) is 9.83. The molecule has 1 aliphatic heterocycles. The van der Waals surface area contributed by atoms with Crippen molar-refractivity contribution in [3.05, 3.63) is 58.4 Å². The normalized spacial score (nSPS) is 23.4. The predicted molar refractivity (Wildman–Crippen MR) is 123 cm³/mol. The molecule has 0 bridgehead atoms. The maximum absolute atomic E-state index is 13.4. The summed E-state index contributed by atoms with van der Waals surface area (Å²) < 4.78 is 13.4. The molecule has 0 spiro atoms. The number of hydrogen-bond acceptors (Lipinski definition) is 3. The van der Waals surface area contributed by atoms with Gasteiger partial charge in [-0.1, -0.05) is 44.4 Å². The second kappa shape index (κ2) is 9.21. The first-order valence-electron chi connectivity index (χ1n) is 10.7. The highest BCUT2D eigenvalue weighted by Crippen LogP contribution is 2.38. The zero-order valence-electron chi connectivity index (χ0n) is 17.7. The molecule has 2 aromatic carbocycles. The summed E-state index contributed by atoms with van der Waals surface area (Å²) in [4.78, 5) is 28.3. The first kappa shape index (κ1) is 22.2. The number of carbonyl (C=O) groups excluding carboxylic acids is 2. The molecule has 7 heteroatoms. The number of thioether (sulfide) groups is 1. The van der Waals surface area contributed by atoms with Crippen LogP contribution in [0.25, 0.3) is 0 Å². The van der Waals surface area contributed by atoms with E-state index in [4.69, 9.17) is 11.6 Å². The molecule has 1 N–H and O–H groups in total. The summed E-state index contributed by atoms with van der Waals surface area (Å²) in [6.45, 7) is 4.67. The van der Waals surface area contributed by atoms with Crippen LogP contribution in [0.5, 0.6) is 0 Å². The molecule has 31 heavy (non-hydrogen) atoms. The van der Waals surface area contributed by atoms with E-state index in [1.807, 2.05) is 12.1 Å². The van der Waals surface area contributed by atoms with Crippen molar-refractivity contribution in [2.45, 2.75) is 50.6 Å². The number of rotatable bonds is 4. The molecular formula is C24H26ClFN2O2S. The lowest BCUT2D eigenvalue weighted by Gasteiger charge is -2.34. The molecule has 2 aromatic rings. The standard InChI is InChI=1S/C24H26ClFN2O2S/c1-14-4-3-5-20(15(14)2)27-24(30)16-7-9-22-21(10-16)28(23(29)13-31-22)12-17-6-8-18(26)11-19(17)25/h6-11,14-15,20H,3-5,12-13H2,1-2H3,(H,27,30)/t14-,15-,20-/m1/s1. The van der Waals surface area contributed by atoms with Crippen molar-refractivity contribution in [2.75, 3.05) is 10.7 Å². The molecule has 1 fully saturated rings. The fraction of sp³-hybridized carbons (Fsp3) is 0.417. The fourth-order valence-corrected chi connectivity index (χ4v) is 5.52. The van der Waals surface area contributed by atoms with E-state index in [9.17, 15) is 14.0 Å². The lowest BCUT2D eigenvalue weighted by Crippen LogP contribution is -2.43. The van der Waals surface area contributed by atoms with Gasteiger partial charge in [-0.15, -0.1) is 11.8 Å². The highest BCUT2D eigenvalue weighted by atomic mass is 35.5. The van der Waals surface area contributed by atoms with Gasteiger partial charge in [0, 0.05) is 21.5 Å². The summed E-state index contributed by atoms with van der Waals surface area (Å²) in [5, 5.41) is 3.48. The number of nitrogens with one attached hydrogen (secondary N) is 1. The molecule has 164 valence electrons. The highest BCUT2D eigenvalue weighted by Gasteiger charge is 2.30. The van der Waals surface area contributed by atoms with Gasteiger partial charge in [0.05, 0.1) is 18.0 Å². The minimum atomic E-state index is -0.417. The largest absolute Gasteiger partial charge is 0.349 e. The van der Waals surface area contributed by atoms with Crippen molar-refractivity contribution in [1.82, 2.24) is 5.32 Å². The van der Waals surface area contributed by atoms with Gasteiger partial charge in [-0.25, -0.2) is 4.39 Å². The molecule has 0 saturated heterocycles. The molecular weight excluding hydrogens is 435 g/mol. The maximum atomic E-state index is 13.4. The van der Waals surface area contributed by atoms with E-state index in [1.165, 1.54) is 30.3 Å². The minimum absolute atomic E-state index is 0.0647. The average molecular weight is 461 g/mol. The molecule has 2 amide bonds. The van der Waals surface area contributed by atoms with Crippen LogP contribution in [0, 0.1) is 17.7 Å². The zero-order chi connectivity index (χ0) is 22.1. The van der Waals surface area contributed by atoms with Crippen LogP contribution in [-0.4, -0.2) is 23.6 Å². The Morgan fingerprint density at radius 3 is 2.81 bits per heavy atom. The number of hydrogen-bond donors (Lipinski definition) is 1. The van der Waals surface area contributed by atoms with Gasteiger partial charge in [-0.2, -0.15) is 0 Å². The Balaban J connectivity index is 1.58. The molecule has 3 atom stereocenters. The Morgan fingerprint density at radius 2 is 2.03 bits per heavy atom. The van der Waals surface area contributed by atoms with Crippen molar-refractivity contribution >= 4 is 40.9 Å². The third-order valence-corrected chi connectivity index (χ3v) is 7.93. The third-order valence-electron chi connectivity index (χ3n) is 6.53. The molecule has 0 unspecified atom stereocenters. The van der Waals surface area contributed by atoms with Crippen LogP contribution in [0.15, 0.2) is 41.3 Å².